The summed E-state index contributed by atoms with van der Waals surface area (Å²) >= 11 is 0. The molecule has 0 aliphatic carbocycles. The Hall–Kier alpha value is -2.42. The summed E-state index contributed by atoms with van der Waals surface area (Å²) in [5.41, 5.74) is 0.977. The first-order valence-corrected chi connectivity index (χ1v) is 11.4. The number of carbonyl (C=O) groups is 1. The Balaban J connectivity index is 1.26. The summed E-state index contributed by atoms with van der Waals surface area (Å²) in [5.74, 6) is 0.0998. The molecular weight excluding hydrogens is 431 g/mol. The average Bonchev–Trinajstić information content (AvgIpc) is 3.13. The van der Waals surface area contributed by atoms with Crippen molar-refractivity contribution in [3.8, 4) is 0 Å². The Morgan fingerprint density at radius 3 is 2.33 bits per heavy atom. The molecule has 1 spiro atoms. The molecule has 176 valence electrons. The number of nitrogens with zero attached hydrogens (tertiary/aromatic N) is 3. The molecule has 2 aromatic carbocycles. The number of alkyl halides is 3. The fourth-order valence-electron chi connectivity index (χ4n) is 5.72. The number of likely N-dealkylation sites (tertiary alicyclic amines) is 1. The number of benzene rings is 2. The van der Waals surface area contributed by atoms with Crippen molar-refractivity contribution in [1.29, 1.82) is 0 Å². The second-order valence-corrected chi connectivity index (χ2v) is 9.70. The van der Waals surface area contributed by atoms with Gasteiger partial charge in [-0.25, -0.2) is 0 Å². The number of aliphatic hydroxyl groups is 1. The van der Waals surface area contributed by atoms with E-state index in [1.54, 1.807) is 0 Å². The quantitative estimate of drug-likeness (QED) is 0.764. The van der Waals surface area contributed by atoms with E-state index in [4.69, 9.17) is 0 Å². The lowest BCUT2D eigenvalue weighted by atomic mass is 9.83. The maximum Gasteiger partial charge on any atom is 0.416 e. The summed E-state index contributed by atoms with van der Waals surface area (Å²) in [6.07, 6.45) is -3.69. The van der Waals surface area contributed by atoms with Gasteiger partial charge in [-0.15, -0.1) is 0 Å². The normalized spacial score (nSPS) is 25.2. The largest absolute Gasteiger partial charge is 0.416 e. The molecule has 3 heterocycles. The van der Waals surface area contributed by atoms with Crippen LogP contribution in [0.1, 0.15) is 23.1 Å². The minimum Gasteiger partial charge on any atom is -0.392 e. The van der Waals surface area contributed by atoms with Gasteiger partial charge in [0, 0.05) is 45.3 Å². The second-order valence-electron chi connectivity index (χ2n) is 9.70. The summed E-state index contributed by atoms with van der Waals surface area (Å²) in [5, 5.41) is 10.3. The van der Waals surface area contributed by atoms with Crippen molar-refractivity contribution < 1.29 is 23.1 Å². The lowest BCUT2D eigenvalue weighted by Gasteiger charge is -2.61. The maximum atomic E-state index is 13.1. The van der Waals surface area contributed by atoms with Crippen molar-refractivity contribution >= 4 is 5.91 Å². The highest BCUT2D eigenvalue weighted by Gasteiger charge is 2.56. The van der Waals surface area contributed by atoms with Crippen molar-refractivity contribution in [2.75, 3.05) is 32.7 Å². The topological polar surface area (TPSA) is 47.0 Å². The van der Waals surface area contributed by atoms with Gasteiger partial charge in [0.25, 0.3) is 0 Å². The van der Waals surface area contributed by atoms with Crippen LogP contribution in [-0.2, 0) is 23.9 Å². The molecule has 5 rings (SSSR count). The van der Waals surface area contributed by atoms with Crippen LogP contribution in [0.15, 0.2) is 54.6 Å². The zero-order valence-corrected chi connectivity index (χ0v) is 18.3. The van der Waals surface area contributed by atoms with Crippen molar-refractivity contribution in [1.82, 2.24) is 14.7 Å². The van der Waals surface area contributed by atoms with Gasteiger partial charge in [-0.05, 0) is 29.7 Å². The Morgan fingerprint density at radius 1 is 0.970 bits per heavy atom. The van der Waals surface area contributed by atoms with Crippen molar-refractivity contribution in [2.45, 2.75) is 43.2 Å². The number of fused-ring (bicyclic) bond motifs is 2. The second kappa shape index (κ2) is 8.42. The molecule has 3 aliphatic heterocycles. The van der Waals surface area contributed by atoms with E-state index in [1.807, 2.05) is 35.2 Å². The molecule has 1 N–H and O–H groups in total. The van der Waals surface area contributed by atoms with Crippen LogP contribution in [0.5, 0.6) is 0 Å². The lowest BCUT2D eigenvalue weighted by molar-refractivity contribution is -0.150. The third kappa shape index (κ3) is 4.52. The molecule has 2 atom stereocenters. The fourth-order valence-corrected chi connectivity index (χ4v) is 5.72. The first-order chi connectivity index (χ1) is 15.7. The van der Waals surface area contributed by atoms with Crippen LogP contribution in [0.4, 0.5) is 13.2 Å². The van der Waals surface area contributed by atoms with Crippen LogP contribution in [0.25, 0.3) is 0 Å². The van der Waals surface area contributed by atoms with Crippen molar-refractivity contribution in [3.05, 3.63) is 71.3 Å². The smallest absolute Gasteiger partial charge is 0.392 e. The standard InChI is InChI=1S/C25H28F3N3O2/c26-25(27,28)20-8-6-19(7-9-20)12-29-15-24(16-29)17-30(13-21-11-22(32)14-31(21)24)23(33)10-18-4-2-1-3-5-18/h1-9,21-22,32H,10-17H2/t21-,22-/m1/s1. The Kier molecular flexibility index (Phi) is 5.71. The number of rotatable bonds is 4. The predicted octanol–water partition coefficient (Wildman–Crippen LogP) is 2.78. The van der Waals surface area contributed by atoms with Crippen molar-refractivity contribution in [3.63, 3.8) is 0 Å². The van der Waals surface area contributed by atoms with Crippen LogP contribution in [0.3, 0.4) is 0 Å². The van der Waals surface area contributed by atoms with Gasteiger partial charge in [0.2, 0.25) is 5.91 Å². The highest BCUT2D eigenvalue weighted by Crippen LogP contribution is 2.40. The molecule has 8 heteroatoms. The van der Waals surface area contributed by atoms with E-state index in [0.717, 1.165) is 36.3 Å². The number of carbonyl (C=O) groups excluding carboxylic acids is 1. The molecule has 0 unspecified atom stereocenters. The van der Waals surface area contributed by atoms with E-state index in [0.29, 0.717) is 39.0 Å². The summed E-state index contributed by atoms with van der Waals surface area (Å²) < 4.78 is 38.5. The first kappa shape index (κ1) is 22.4. The fraction of sp³-hybridized carbons (Fsp3) is 0.480. The highest BCUT2D eigenvalue weighted by atomic mass is 19.4. The number of hydrogen-bond acceptors (Lipinski definition) is 4. The van der Waals surface area contributed by atoms with E-state index >= 15 is 0 Å². The monoisotopic (exact) mass is 459 g/mol. The first-order valence-electron chi connectivity index (χ1n) is 11.4. The number of hydrogen-bond donors (Lipinski definition) is 1. The van der Waals surface area contributed by atoms with Crippen LogP contribution in [0, 0.1) is 0 Å². The maximum absolute atomic E-state index is 13.1. The Labute approximate surface area is 191 Å². The minimum absolute atomic E-state index is 0.0998. The summed E-state index contributed by atoms with van der Waals surface area (Å²) in [7, 11) is 0. The third-order valence-corrected chi connectivity index (χ3v) is 7.19. The van der Waals surface area contributed by atoms with Gasteiger partial charge in [-0.3, -0.25) is 14.6 Å². The SMILES string of the molecule is O=C(Cc1ccccc1)N1C[C@H]2C[C@@H](O)CN2C2(CN(Cc3ccc(C(F)(F)F)cc3)C2)C1. The van der Waals surface area contributed by atoms with Gasteiger partial charge >= 0.3 is 6.18 Å². The zero-order valence-electron chi connectivity index (χ0n) is 18.3. The van der Waals surface area contributed by atoms with E-state index in [9.17, 15) is 23.1 Å². The van der Waals surface area contributed by atoms with E-state index in [-0.39, 0.29) is 23.6 Å². The predicted molar refractivity (Wildman–Crippen MR) is 117 cm³/mol. The Morgan fingerprint density at radius 2 is 1.67 bits per heavy atom. The molecule has 3 fully saturated rings. The van der Waals surface area contributed by atoms with Crippen LogP contribution in [-0.4, -0.2) is 76.1 Å². The van der Waals surface area contributed by atoms with Gasteiger partial charge in [0.05, 0.1) is 23.6 Å². The third-order valence-electron chi connectivity index (χ3n) is 7.19. The molecule has 0 bridgehead atoms. The molecule has 1 amide bonds. The number of piperazine rings is 1. The Bertz CT molecular complexity index is 990. The van der Waals surface area contributed by atoms with Crippen LogP contribution < -0.4 is 0 Å². The summed E-state index contributed by atoms with van der Waals surface area (Å²) in [6.45, 7) is 3.88. The highest BCUT2D eigenvalue weighted by molar-refractivity contribution is 5.79. The molecule has 0 radical (unpaired) electrons. The number of amides is 1. The summed E-state index contributed by atoms with van der Waals surface area (Å²) in [6, 6.07) is 15.2. The molecule has 0 saturated carbocycles. The van der Waals surface area contributed by atoms with Gasteiger partial charge in [0.15, 0.2) is 0 Å². The van der Waals surface area contributed by atoms with Crippen LogP contribution >= 0.6 is 0 Å². The van der Waals surface area contributed by atoms with Gasteiger partial charge < -0.3 is 10.0 Å². The molecule has 33 heavy (non-hydrogen) atoms. The van der Waals surface area contributed by atoms with Gasteiger partial charge in [0.1, 0.15) is 0 Å². The zero-order chi connectivity index (χ0) is 23.2. The molecular formula is C25H28F3N3O2. The van der Waals surface area contributed by atoms with E-state index in [1.165, 1.54) is 12.1 Å². The number of aliphatic hydroxyl groups excluding tert-OH is 1. The molecule has 3 aliphatic rings. The van der Waals surface area contributed by atoms with Crippen LogP contribution in [0.2, 0.25) is 0 Å². The lowest BCUT2D eigenvalue weighted by Crippen LogP contribution is -2.78. The summed E-state index contributed by atoms with van der Waals surface area (Å²) in [4.78, 5) is 19.6. The van der Waals surface area contributed by atoms with Gasteiger partial charge in [-0.1, -0.05) is 42.5 Å². The minimum atomic E-state index is -4.33. The van der Waals surface area contributed by atoms with Crippen molar-refractivity contribution in [2.24, 2.45) is 0 Å². The average molecular weight is 460 g/mol. The van der Waals surface area contributed by atoms with E-state index in [2.05, 4.69) is 9.80 Å². The molecule has 5 nitrogen and oxygen atoms in total. The van der Waals surface area contributed by atoms with Gasteiger partial charge in [-0.2, -0.15) is 13.2 Å². The van der Waals surface area contributed by atoms with E-state index < -0.39 is 11.7 Å². The molecule has 2 aromatic rings. The number of β-amino-alcohol motifs (C(OH)–C–C–N with tert-alkyl or cyclic N) is 1. The number of halogens is 3. The molecule has 3 saturated heterocycles. The molecule has 0 aromatic heterocycles.